The maximum absolute atomic E-state index is 14.0. The van der Waals surface area contributed by atoms with Gasteiger partial charge in [0.15, 0.2) is 0 Å². The second kappa shape index (κ2) is 9.44. The zero-order valence-electron chi connectivity index (χ0n) is 20.0. The molecular weight excluding hydrogens is 455 g/mol. The third kappa shape index (κ3) is 4.60. The number of aryl methyl sites for hydroxylation is 2. The van der Waals surface area contributed by atoms with Crippen molar-refractivity contribution >= 4 is 17.6 Å². The van der Waals surface area contributed by atoms with Gasteiger partial charge in [0.25, 0.3) is 5.91 Å². The SMILES string of the molecule is Cc1cccc(C)c1CN1C(=O)N(C)C(C)c2ccc(C(=O)NCc3c(F)cc(F)cc3F)cc21. The van der Waals surface area contributed by atoms with Crippen LogP contribution in [0.15, 0.2) is 48.5 Å². The van der Waals surface area contributed by atoms with Crippen LogP contribution in [0.3, 0.4) is 0 Å². The van der Waals surface area contributed by atoms with Crippen molar-refractivity contribution in [3.8, 4) is 0 Å². The highest BCUT2D eigenvalue weighted by molar-refractivity contribution is 5.99. The van der Waals surface area contributed by atoms with Gasteiger partial charge in [-0.3, -0.25) is 9.69 Å². The van der Waals surface area contributed by atoms with Gasteiger partial charge in [0.2, 0.25) is 0 Å². The lowest BCUT2D eigenvalue weighted by atomic mass is 9.97. The first kappa shape index (κ1) is 24.3. The summed E-state index contributed by atoms with van der Waals surface area (Å²) in [5, 5.41) is 2.48. The number of benzene rings is 3. The van der Waals surface area contributed by atoms with Crippen LogP contribution in [0.25, 0.3) is 0 Å². The number of carbonyl (C=O) groups excluding carboxylic acids is 2. The highest BCUT2D eigenvalue weighted by Gasteiger charge is 2.34. The zero-order chi connectivity index (χ0) is 25.4. The van der Waals surface area contributed by atoms with E-state index in [-0.39, 0.29) is 17.6 Å². The molecule has 1 aliphatic rings. The van der Waals surface area contributed by atoms with Gasteiger partial charge in [-0.25, -0.2) is 18.0 Å². The first-order valence-corrected chi connectivity index (χ1v) is 11.2. The lowest BCUT2D eigenvalue weighted by Crippen LogP contribution is -2.46. The Morgan fingerprint density at radius 2 is 1.60 bits per heavy atom. The van der Waals surface area contributed by atoms with Gasteiger partial charge in [-0.1, -0.05) is 24.3 Å². The standard InChI is InChI=1S/C27H26F3N3O2/c1-15-6-5-7-16(2)22(15)14-33-25-10-18(8-9-20(25)17(3)32(4)27(33)35)26(34)31-13-21-23(29)11-19(28)12-24(21)30/h5-12,17H,13-14H2,1-4H3,(H,31,34). The van der Waals surface area contributed by atoms with Crippen LogP contribution >= 0.6 is 0 Å². The normalized spacial score (nSPS) is 15.3. The second-order valence-corrected chi connectivity index (χ2v) is 8.83. The molecule has 0 saturated carbocycles. The van der Waals surface area contributed by atoms with Crippen LogP contribution in [0.5, 0.6) is 0 Å². The van der Waals surface area contributed by atoms with Gasteiger partial charge < -0.3 is 10.2 Å². The predicted octanol–water partition coefficient (Wildman–Crippen LogP) is 5.78. The van der Waals surface area contributed by atoms with E-state index in [0.29, 0.717) is 24.4 Å². The molecule has 5 nitrogen and oxygen atoms in total. The molecule has 3 amide bonds. The third-order valence-corrected chi connectivity index (χ3v) is 6.64. The summed E-state index contributed by atoms with van der Waals surface area (Å²) in [6.07, 6.45) is 0. The van der Waals surface area contributed by atoms with Gasteiger partial charge >= 0.3 is 6.03 Å². The third-order valence-electron chi connectivity index (χ3n) is 6.64. The van der Waals surface area contributed by atoms with Crippen LogP contribution < -0.4 is 10.2 Å². The predicted molar refractivity (Wildman–Crippen MR) is 128 cm³/mol. The molecule has 3 aromatic carbocycles. The molecule has 4 rings (SSSR count). The molecule has 0 aliphatic carbocycles. The van der Waals surface area contributed by atoms with E-state index in [1.165, 1.54) is 0 Å². The minimum Gasteiger partial charge on any atom is -0.348 e. The molecule has 3 aromatic rings. The molecule has 1 N–H and O–H groups in total. The summed E-state index contributed by atoms with van der Waals surface area (Å²) in [6, 6.07) is 11.7. The van der Waals surface area contributed by atoms with E-state index in [4.69, 9.17) is 0 Å². The van der Waals surface area contributed by atoms with Crippen molar-refractivity contribution in [2.45, 2.75) is 39.9 Å². The largest absolute Gasteiger partial charge is 0.348 e. The summed E-state index contributed by atoms with van der Waals surface area (Å²) in [4.78, 5) is 29.4. The molecule has 1 heterocycles. The van der Waals surface area contributed by atoms with Crippen molar-refractivity contribution in [2.24, 2.45) is 0 Å². The van der Waals surface area contributed by atoms with Crippen molar-refractivity contribution < 1.29 is 22.8 Å². The number of hydrogen-bond acceptors (Lipinski definition) is 2. The van der Waals surface area contributed by atoms with Crippen LogP contribution in [0.2, 0.25) is 0 Å². The molecule has 35 heavy (non-hydrogen) atoms. The quantitative estimate of drug-likeness (QED) is 0.502. The van der Waals surface area contributed by atoms with E-state index in [2.05, 4.69) is 5.32 Å². The van der Waals surface area contributed by atoms with Crippen LogP contribution in [0.4, 0.5) is 23.7 Å². The van der Waals surface area contributed by atoms with Gasteiger partial charge in [0.05, 0.1) is 18.3 Å². The number of fused-ring (bicyclic) bond motifs is 1. The molecule has 0 aromatic heterocycles. The smallest absolute Gasteiger partial charge is 0.325 e. The summed E-state index contributed by atoms with van der Waals surface area (Å²) in [7, 11) is 1.74. The fraction of sp³-hybridized carbons (Fsp3) is 0.259. The molecule has 182 valence electrons. The Labute approximate surface area is 202 Å². The summed E-state index contributed by atoms with van der Waals surface area (Å²) >= 11 is 0. The molecule has 1 unspecified atom stereocenters. The topological polar surface area (TPSA) is 52.7 Å². The number of carbonyl (C=O) groups is 2. The lowest BCUT2D eigenvalue weighted by Gasteiger charge is -2.40. The molecule has 0 radical (unpaired) electrons. The monoisotopic (exact) mass is 481 g/mol. The molecule has 8 heteroatoms. The average molecular weight is 482 g/mol. The number of nitrogens with one attached hydrogen (secondary N) is 1. The molecular formula is C27H26F3N3O2. The highest BCUT2D eigenvalue weighted by atomic mass is 19.1. The number of hydrogen-bond donors (Lipinski definition) is 1. The number of nitrogens with zero attached hydrogens (tertiary/aromatic N) is 2. The van der Waals surface area contributed by atoms with E-state index in [1.54, 1.807) is 35.0 Å². The van der Waals surface area contributed by atoms with E-state index < -0.39 is 35.5 Å². The van der Waals surface area contributed by atoms with Crippen LogP contribution in [-0.2, 0) is 13.1 Å². The van der Waals surface area contributed by atoms with Gasteiger partial charge in [0.1, 0.15) is 17.5 Å². The Balaban J connectivity index is 1.65. The van der Waals surface area contributed by atoms with E-state index in [0.717, 1.165) is 22.3 Å². The van der Waals surface area contributed by atoms with Gasteiger partial charge in [-0.15, -0.1) is 0 Å². The van der Waals surface area contributed by atoms with Crippen molar-refractivity contribution in [2.75, 3.05) is 11.9 Å². The maximum Gasteiger partial charge on any atom is 0.325 e. The minimum absolute atomic E-state index is 0.194. The van der Waals surface area contributed by atoms with Gasteiger partial charge in [-0.05, 0) is 55.2 Å². The van der Waals surface area contributed by atoms with Gasteiger partial charge in [-0.2, -0.15) is 0 Å². The fourth-order valence-electron chi connectivity index (χ4n) is 4.36. The van der Waals surface area contributed by atoms with Crippen molar-refractivity contribution in [1.29, 1.82) is 0 Å². The molecule has 1 atom stereocenters. The maximum atomic E-state index is 14.0. The first-order chi connectivity index (χ1) is 16.6. The molecule has 0 fully saturated rings. The van der Waals surface area contributed by atoms with E-state index >= 15 is 0 Å². The van der Waals surface area contributed by atoms with Crippen molar-refractivity contribution in [3.05, 3.63) is 99.4 Å². The highest BCUT2D eigenvalue weighted by Crippen LogP contribution is 2.37. The van der Waals surface area contributed by atoms with Gasteiger partial charge in [0, 0.05) is 36.9 Å². The summed E-state index contributed by atoms with van der Waals surface area (Å²) in [5.41, 5.74) is 4.42. The Kier molecular flexibility index (Phi) is 6.56. The zero-order valence-corrected chi connectivity index (χ0v) is 20.0. The van der Waals surface area contributed by atoms with Crippen molar-refractivity contribution in [3.63, 3.8) is 0 Å². The van der Waals surface area contributed by atoms with Crippen molar-refractivity contribution in [1.82, 2.24) is 10.2 Å². The van der Waals surface area contributed by atoms with Crippen LogP contribution in [-0.4, -0.2) is 23.9 Å². The Bertz CT molecular complexity index is 1280. The molecule has 0 saturated heterocycles. The fourth-order valence-corrected chi connectivity index (χ4v) is 4.36. The molecule has 0 spiro atoms. The first-order valence-electron chi connectivity index (χ1n) is 11.2. The Hall–Kier alpha value is -3.81. The number of rotatable bonds is 5. The number of halogens is 3. The number of urea groups is 1. The van der Waals surface area contributed by atoms with Crippen LogP contribution in [0, 0.1) is 31.3 Å². The van der Waals surface area contributed by atoms with E-state index in [1.807, 2.05) is 39.0 Å². The lowest BCUT2D eigenvalue weighted by molar-refractivity contribution is 0.0950. The summed E-state index contributed by atoms with van der Waals surface area (Å²) in [5.74, 6) is -3.74. The molecule has 1 aliphatic heterocycles. The van der Waals surface area contributed by atoms with E-state index in [9.17, 15) is 22.8 Å². The summed E-state index contributed by atoms with van der Waals surface area (Å²) in [6.45, 7) is 5.77. The average Bonchev–Trinajstić information content (AvgIpc) is 2.80. The second-order valence-electron chi connectivity index (χ2n) is 8.83. The Morgan fingerprint density at radius 3 is 2.23 bits per heavy atom. The number of anilines is 1. The number of amides is 3. The summed E-state index contributed by atoms with van der Waals surface area (Å²) < 4.78 is 41.1. The minimum atomic E-state index is -1.07. The van der Waals surface area contributed by atoms with Crippen LogP contribution in [0.1, 0.15) is 51.1 Å². The Morgan fingerprint density at radius 1 is 0.971 bits per heavy atom. The molecule has 0 bridgehead atoms.